The number of furan rings is 1. The lowest BCUT2D eigenvalue weighted by atomic mass is 9.69. The third-order valence-corrected chi connectivity index (χ3v) is 9.02. The molecule has 3 aromatic heterocycles. The van der Waals surface area contributed by atoms with Crippen molar-refractivity contribution in [3.8, 4) is 17.7 Å². The largest absolute Gasteiger partial charge is 0.461 e. The van der Waals surface area contributed by atoms with Crippen molar-refractivity contribution in [3.63, 3.8) is 0 Å². The minimum Gasteiger partial charge on any atom is -0.461 e. The van der Waals surface area contributed by atoms with E-state index < -0.39 is 0 Å². The summed E-state index contributed by atoms with van der Waals surface area (Å²) in [5.41, 5.74) is 2.04. The lowest BCUT2D eigenvalue weighted by molar-refractivity contribution is -0.113. The van der Waals surface area contributed by atoms with Gasteiger partial charge in [-0.25, -0.2) is 0 Å². The summed E-state index contributed by atoms with van der Waals surface area (Å²) in [5, 5.41) is 22.7. The van der Waals surface area contributed by atoms with Crippen LogP contribution < -0.4 is 5.32 Å². The van der Waals surface area contributed by atoms with Gasteiger partial charge in [0.05, 0.1) is 17.6 Å². The van der Waals surface area contributed by atoms with Gasteiger partial charge in [-0.1, -0.05) is 45.9 Å². The maximum atomic E-state index is 12.8. The molecule has 0 radical (unpaired) electrons. The molecule has 9 heteroatoms. The standard InChI is InChI=1S/C25H31N5O2S2/c1-5-11-30-22(19-8-7-12-32-19)28-29-24(30)33-15-21(31)27-23-18(14-26)17-10-9-16(13-20(17)34-23)25(3,4)6-2/h7-8,12,16H,5-6,9-11,13,15H2,1-4H3,(H,27,31). The SMILES string of the molecule is CCCn1c(SCC(=O)Nc2sc3c(c2C#N)CCC(C(C)(C)CC)C3)nnc1-c1ccco1. The van der Waals surface area contributed by atoms with Crippen molar-refractivity contribution >= 4 is 34.0 Å². The number of rotatable bonds is 9. The Morgan fingerprint density at radius 3 is 2.91 bits per heavy atom. The monoisotopic (exact) mass is 497 g/mol. The van der Waals surface area contributed by atoms with Gasteiger partial charge in [-0.3, -0.25) is 9.36 Å². The van der Waals surface area contributed by atoms with Gasteiger partial charge in [0.2, 0.25) is 5.91 Å². The maximum Gasteiger partial charge on any atom is 0.235 e. The predicted molar refractivity (Wildman–Crippen MR) is 136 cm³/mol. The Morgan fingerprint density at radius 1 is 1.41 bits per heavy atom. The number of thioether (sulfide) groups is 1. The van der Waals surface area contributed by atoms with E-state index in [9.17, 15) is 10.1 Å². The van der Waals surface area contributed by atoms with Crippen molar-refractivity contribution in [2.75, 3.05) is 11.1 Å². The number of fused-ring (bicyclic) bond motifs is 1. The van der Waals surface area contributed by atoms with Crippen LogP contribution in [0.2, 0.25) is 0 Å². The van der Waals surface area contributed by atoms with Gasteiger partial charge in [0.25, 0.3) is 0 Å². The average molecular weight is 498 g/mol. The fourth-order valence-corrected chi connectivity index (χ4v) is 6.51. The molecule has 1 amide bonds. The molecule has 0 bridgehead atoms. The van der Waals surface area contributed by atoms with E-state index in [4.69, 9.17) is 4.42 Å². The Kier molecular flexibility index (Phi) is 7.48. The van der Waals surface area contributed by atoms with Crippen LogP contribution in [0.1, 0.15) is 63.0 Å². The highest BCUT2D eigenvalue weighted by molar-refractivity contribution is 7.99. The molecule has 1 aliphatic carbocycles. The van der Waals surface area contributed by atoms with E-state index >= 15 is 0 Å². The fraction of sp³-hybridized carbons (Fsp3) is 0.520. The number of nitrogens with zero attached hydrogens (tertiary/aromatic N) is 4. The van der Waals surface area contributed by atoms with Gasteiger partial charge in [-0.15, -0.1) is 21.5 Å². The molecule has 1 atom stereocenters. The number of aromatic nitrogens is 3. The molecule has 7 nitrogen and oxygen atoms in total. The predicted octanol–water partition coefficient (Wildman–Crippen LogP) is 6.15. The van der Waals surface area contributed by atoms with Crippen LogP contribution in [0.15, 0.2) is 28.0 Å². The minimum absolute atomic E-state index is 0.142. The second-order valence-electron chi connectivity index (χ2n) is 9.37. The van der Waals surface area contributed by atoms with Gasteiger partial charge >= 0.3 is 0 Å². The molecule has 0 aromatic carbocycles. The number of amides is 1. The molecule has 1 aliphatic rings. The first-order valence-electron chi connectivity index (χ1n) is 11.8. The van der Waals surface area contributed by atoms with Crippen LogP contribution in [-0.2, 0) is 24.2 Å². The smallest absolute Gasteiger partial charge is 0.235 e. The topological polar surface area (TPSA) is 96.7 Å². The normalized spacial score (nSPS) is 15.7. The summed E-state index contributed by atoms with van der Waals surface area (Å²) in [6.45, 7) is 9.72. The summed E-state index contributed by atoms with van der Waals surface area (Å²) in [5.74, 6) is 1.97. The summed E-state index contributed by atoms with van der Waals surface area (Å²) in [7, 11) is 0. The highest BCUT2D eigenvalue weighted by Gasteiger charge is 2.34. The van der Waals surface area contributed by atoms with E-state index in [1.54, 1.807) is 17.6 Å². The quantitative estimate of drug-likeness (QED) is 0.356. The summed E-state index contributed by atoms with van der Waals surface area (Å²) in [6.07, 6.45) is 6.63. The van der Waals surface area contributed by atoms with E-state index in [0.717, 1.165) is 44.2 Å². The molecular formula is C25H31N5O2S2. The van der Waals surface area contributed by atoms with Crippen LogP contribution in [0.5, 0.6) is 0 Å². The van der Waals surface area contributed by atoms with E-state index in [2.05, 4.69) is 49.3 Å². The molecule has 0 aliphatic heterocycles. The van der Waals surface area contributed by atoms with Crippen LogP contribution in [-0.4, -0.2) is 26.4 Å². The molecule has 1 N–H and O–H groups in total. The van der Waals surface area contributed by atoms with Crippen molar-refractivity contribution in [2.45, 2.75) is 71.5 Å². The molecular weight excluding hydrogens is 466 g/mol. The van der Waals surface area contributed by atoms with E-state index in [1.165, 1.54) is 16.6 Å². The minimum atomic E-state index is -0.142. The molecule has 34 heavy (non-hydrogen) atoms. The van der Waals surface area contributed by atoms with Gasteiger partial charge < -0.3 is 9.73 Å². The molecule has 1 unspecified atom stereocenters. The Labute approximate surface area is 209 Å². The highest BCUT2D eigenvalue weighted by Crippen LogP contribution is 2.45. The van der Waals surface area contributed by atoms with Gasteiger partial charge in [0, 0.05) is 11.4 Å². The molecule has 0 saturated heterocycles. The molecule has 3 aromatic rings. The lowest BCUT2D eigenvalue weighted by Gasteiger charge is -2.36. The Morgan fingerprint density at radius 2 is 2.24 bits per heavy atom. The van der Waals surface area contributed by atoms with Crippen molar-refractivity contribution in [1.29, 1.82) is 5.26 Å². The van der Waals surface area contributed by atoms with Crippen LogP contribution in [0.4, 0.5) is 5.00 Å². The molecule has 4 rings (SSSR count). The molecule has 0 fully saturated rings. The zero-order valence-corrected chi connectivity index (χ0v) is 21.8. The number of nitriles is 1. The molecule has 3 heterocycles. The van der Waals surface area contributed by atoms with Crippen molar-refractivity contribution in [1.82, 2.24) is 14.8 Å². The van der Waals surface area contributed by atoms with Crippen molar-refractivity contribution in [3.05, 3.63) is 34.4 Å². The van der Waals surface area contributed by atoms with Crippen molar-refractivity contribution < 1.29 is 9.21 Å². The summed E-state index contributed by atoms with van der Waals surface area (Å²) in [6, 6.07) is 6.02. The highest BCUT2D eigenvalue weighted by atomic mass is 32.2. The third-order valence-electron chi connectivity index (χ3n) is 6.88. The number of anilines is 1. The molecule has 180 valence electrons. The third kappa shape index (κ3) is 4.93. The lowest BCUT2D eigenvalue weighted by Crippen LogP contribution is -2.28. The summed E-state index contributed by atoms with van der Waals surface area (Å²) >= 11 is 2.92. The van der Waals surface area contributed by atoms with Crippen LogP contribution in [0.25, 0.3) is 11.6 Å². The second-order valence-corrected chi connectivity index (χ2v) is 11.4. The van der Waals surface area contributed by atoms with E-state index in [-0.39, 0.29) is 17.1 Å². The number of carbonyl (C=O) groups excluding carboxylic acids is 1. The first-order valence-corrected chi connectivity index (χ1v) is 13.6. The van der Waals surface area contributed by atoms with Gasteiger partial charge in [0.15, 0.2) is 16.7 Å². The average Bonchev–Trinajstić information content (AvgIpc) is 3.56. The maximum absolute atomic E-state index is 12.8. The number of nitrogens with one attached hydrogen (secondary N) is 1. The number of hydrogen-bond acceptors (Lipinski definition) is 7. The molecule has 0 saturated carbocycles. The Hall–Kier alpha value is -2.57. The first-order chi connectivity index (χ1) is 16.4. The fourth-order valence-electron chi connectivity index (χ4n) is 4.45. The second kappa shape index (κ2) is 10.4. The van der Waals surface area contributed by atoms with Gasteiger partial charge in [-0.2, -0.15) is 5.26 Å². The molecule has 0 spiro atoms. The number of hydrogen-bond donors (Lipinski definition) is 1. The van der Waals surface area contributed by atoms with Gasteiger partial charge in [-0.05, 0) is 54.7 Å². The first kappa shape index (κ1) is 24.6. The van der Waals surface area contributed by atoms with E-state index in [1.807, 2.05) is 16.7 Å². The van der Waals surface area contributed by atoms with Crippen LogP contribution in [0.3, 0.4) is 0 Å². The zero-order valence-electron chi connectivity index (χ0n) is 20.2. The number of carbonyl (C=O) groups is 1. The Bertz CT molecular complexity index is 1190. The van der Waals surface area contributed by atoms with Crippen LogP contribution in [0, 0.1) is 22.7 Å². The number of thiophene rings is 1. The van der Waals surface area contributed by atoms with E-state index in [0.29, 0.717) is 33.2 Å². The van der Waals surface area contributed by atoms with Gasteiger partial charge in [0.1, 0.15) is 11.1 Å². The summed E-state index contributed by atoms with van der Waals surface area (Å²) < 4.78 is 7.47. The zero-order chi connectivity index (χ0) is 24.3. The van der Waals surface area contributed by atoms with Crippen molar-refractivity contribution in [2.24, 2.45) is 11.3 Å². The van der Waals surface area contributed by atoms with Crippen LogP contribution >= 0.6 is 23.1 Å². The summed E-state index contributed by atoms with van der Waals surface area (Å²) in [4.78, 5) is 14.1. The Balaban J connectivity index is 1.45.